The highest BCUT2D eigenvalue weighted by Crippen LogP contribution is 2.36. The quantitative estimate of drug-likeness (QED) is 0.452. The largest absolute Gasteiger partial charge is 0.417 e. The van der Waals surface area contributed by atoms with E-state index >= 15 is 0 Å². The van der Waals surface area contributed by atoms with Crippen LogP contribution < -0.4 is 10.2 Å². The zero-order valence-electron chi connectivity index (χ0n) is 14.9. The molecule has 0 saturated carbocycles. The van der Waals surface area contributed by atoms with Crippen molar-refractivity contribution in [1.82, 2.24) is 5.32 Å². The normalized spacial score (nSPS) is 19.2. The van der Waals surface area contributed by atoms with Gasteiger partial charge in [-0.05, 0) is 49.4 Å². The zero-order valence-corrected chi connectivity index (χ0v) is 15.7. The summed E-state index contributed by atoms with van der Waals surface area (Å²) in [5.74, 6) is -1.06. The van der Waals surface area contributed by atoms with Crippen LogP contribution in [0.2, 0.25) is 0 Å². The fourth-order valence-electron chi connectivity index (χ4n) is 2.78. The van der Waals surface area contributed by atoms with Gasteiger partial charge in [0.15, 0.2) is 0 Å². The van der Waals surface area contributed by atoms with E-state index in [1.807, 2.05) is 0 Å². The summed E-state index contributed by atoms with van der Waals surface area (Å²) in [5.41, 5.74) is -3.49. The molecule has 5 nitrogen and oxygen atoms in total. The maximum atomic E-state index is 13.2. The van der Waals surface area contributed by atoms with Crippen LogP contribution in [0.15, 0.2) is 47.4 Å². The summed E-state index contributed by atoms with van der Waals surface area (Å²) in [6.07, 6.45) is -4.82. The molecule has 0 bridgehead atoms. The van der Waals surface area contributed by atoms with Crippen molar-refractivity contribution in [3.8, 4) is 6.07 Å². The van der Waals surface area contributed by atoms with Crippen LogP contribution >= 0.6 is 11.8 Å². The molecule has 2 aromatic rings. The van der Waals surface area contributed by atoms with Gasteiger partial charge in [0, 0.05) is 10.6 Å². The number of hydrogen-bond donors (Lipinski definition) is 1. The van der Waals surface area contributed by atoms with E-state index in [4.69, 9.17) is 5.26 Å². The molecular formula is C19H13F4N3O2S. The summed E-state index contributed by atoms with van der Waals surface area (Å²) in [7, 11) is 0. The summed E-state index contributed by atoms with van der Waals surface area (Å²) in [4.78, 5) is 26.5. The average molecular weight is 423 g/mol. The van der Waals surface area contributed by atoms with Gasteiger partial charge in [0.2, 0.25) is 0 Å². The van der Waals surface area contributed by atoms with E-state index < -0.39 is 40.6 Å². The summed E-state index contributed by atoms with van der Waals surface area (Å²) in [6, 6.07) is 8.75. The topological polar surface area (TPSA) is 73.2 Å². The van der Waals surface area contributed by atoms with Crippen molar-refractivity contribution in [2.75, 3.05) is 10.7 Å². The van der Waals surface area contributed by atoms with Crippen molar-refractivity contribution < 1.29 is 27.2 Å². The van der Waals surface area contributed by atoms with Gasteiger partial charge >= 0.3 is 12.2 Å². The molecule has 1 aliphatic heterocycles. The number of alkyl halides is 3. The number of urea groups is 1. The third-order valence-corrected chi connectivity index (χ3v) is 5.62. The lowest BCUT2D eigenvalue weighted by Crippen LogP contribution is -2.46. The molecule has 0 unspecified atom stereocenters. The number of carbonyl (C=O) groups is 2. The van der Waals surface area contributed by atoms with Crippen LogP contribution in [-0.2, 0) is 11.0 Å². The monoisotopic (exact) mass is 423 g/mol. The molecule has 150 valence electrons. The molecule has 10 heteroatoms. The Morgan fingerprint density at radius 1 is 1.17 bits per heavy atom. The minimum absolute atomic E-state index is 0.0854. The first-order valence-electron chi connectivity index (χ1n) is 8.21. The molecule has 3 rings (SSSR count). The number of amides is 3. The van der Waals surface area contributed by atoms with Crippen LogP contribution in [-0.4, -0.2) is 23.2 Å². The Morgan fingerprint density at radius 2 is 1.83 bits per heavy atom. The number of benzene rings is 2. The first kappa shape index (κ1) is 20.7. The highest BCUT2D eigenvalue weighted by atomic mass is 32.2. The van der Waals surface area contributed by atoms with E-state index in [1.165, 1.54) is 49.0 Å². The van der Waals surface area contributed by atoms with Gasteiger partial charge in [-0.2, -0.15) is 18.4 Å². The van der Waals surface area contributed by atoms with Gasteiger partial charge in [-0.25, -0.2) is 14.1 Å². The summed E-state index contributed by atoms with van der Waals surface area (Å²) >= 11 is 1.19. The summed E-state index contributed by atoms with van der Waals surface area (Å²) in [6.45, 7) is 1.46. The van der Waals surface area contributed by atoms with E-state index in [-0.39, 0.29) is 11.4 Å². The molecule has 0 radical (unpaired) electrons. The lowest BCUT2D eigenvalue weighted by atomic mass is 10.0. The maximum absolute atomic E-state index is 13.2. The number of halogens is 4. The molecule has 1 atom stereocenters. The number of nitriles is 1. The minimum atomic E-state index is -4.82. The number of anilines is 1. The van der Waals surface area contributed by atoms with Crippen LogP contribution in [0.3, 0.4) is 0 Å². The third kappa shape index (κ3) is 4.05. The summed E-state index contributed by atoms with van der Waals surface area (Å²) in [5, 5.41) is 11.4. The lowest BCUT2D eigenvalue weighted by Gasteiger charge is -2.21. The van der Waals surface area contributed by atoms with Gasteiger partial charge in [-0.3, -0.25) is 4.79 Å². The van der Waals surface area contributed by atoms with Crippen molar-refractivity contribution in [2.45, 2.75) is 23.5 Å². The highest BCUT2D eigenvalue weighted by Gasteiger charge is 2.49. The predicted molar refractivity (Wildman–Crippen MR) is 97.7 cm³/mol. The van der Waals surface area contributed by atoms with Crippen LogP contribution in [0.25, 0.3) is 0 Å². The smallest absolute Gasteiger partial charge is 0.322 e. The molecule has 1 aliphatic rings. The molecule has 29 heavy (non-hydrogen) atoms. The van der Waals surface area contributed by atoms with Crippen molar-refractivity contribution in [3.63, 3.8) is 0 Å². The fraction of sp³-hybridized carbons (Fsp3) is 0.211. The van der Waals surface area contributed by atoms with Gasteiger partial charge in [0.1, 0.15) is 11.4 Å². The number of nitrogens with one attached hydrogen (secondary N) is 1. The number of rotatable bonds is 4. The average Bonchev–Trinajstić information content (AvgIpc) is 2.89. The molecule has 3 amide bonds. The predicted octanol–water partition coefficient (Wildman–Crippen LogP) is 4.32. The van der Waals surface area contributed by atoms with Gasteiger partial charge in [-0.1, -0.05) is 0 Å². The number of carbonyl (C=O) groups excluding carboxylic acids is 2. The van der Waals surface area contributed by atoms with E-state index in [2.05, 4.69) is 5.32 Å². The molecule has 2 aromatic carbocycles. The highest BCUT2D eigenvalue weighted by molar-refractivity contribution is 7.99. The van der Waals surface area contributed by atoms with Crippen LogP contribution in [0, 0.1) is 17.1 Å². The molecule has 1 fully saturated rings. The van der Waals surface area contributed by atoms with Gasteiger partial charge in [0.25, 0.3) is 5.91 Å². The number of hydrogen-bond acceptors (Lipinski definition) is 4. The standard InChI is InChI=1S/C19H13F4N3O2S/c1-18(10-29-14-6-3-12(20)4-7-14)16(27)26(17(28)25-18)13-5-2-11(9-24)15(8-13)19(21,22)23/h2-8H,10H2,1H3,(H,25,28)/t18-/m0/s1. The molecular weight excluding hydrogens is 410 g/mol. The Labute approximate surface area is 167 Å². The second-order valence-corrected chi connectivity index (χ2v) is 7.53. The molecule has 0 aliphatic carbocycles. The van der Waals surface area contributed by atoms with Gasteiger partial charge < -0.3 is 5.32 Å². The van der Waals surface area contributed by atoms with E-state index in [0.717, 1.165) is 12.1 Å². The second kappa shape index (κ2) is 7.40. The van der Waals surface area contributed by atoms with Crippen molar-refractivity contribution in [1.29, 1.82) is 5.26 Å². The van der Waals surface area contributed by atoms with Crippen LogP contribution in [0.5, 0.6) is 0 Å². The van der Waals surface area contributed by atoms with Gasteiger partial charge in [-0.15, -0.1) is 11.8 Å². The SMILES string of the molecule is C[C@@]1(CSc2ccc(F)cc2)NC(=O)N(c2ccc(C#N)c(C(F)(F)F)c2)C1=O. The number of nitrogens with zero attached hydrogens (tertiary/aromatic N) is 2. The van der Waals surface area contributed by atoms with Crippen LogP contribution in [0.1, 0.15) is 18.1 Å². The maximum Gasteiger partial charge on any atom is 0.417 e. The number of imide groups is 1. The Morgan fingerprint density at radius 3 is 2.41 bits per heavy atom. The third-order valence-electron chi connectivity index (χ3n) is 4.29. The van der Waals surface area contributed by atoms with E-state index in [9.17, 15) is 27.2 Å². The van der Waals surface area contributed by atoms with Crippen molar-refractivity contribution in [2.24, 2.45) is 0 Å². The van der Waals surface area contributed by atoms with E-state index in [1.54, 1.807) is 0 Å². The molecule has 1 heterocycles. The summed E-state index contributed by atoms with van der Waals surface area (Å²) < 4.78 is 52.6. The Balaban J connectivity index is 1.87. The van der Waals surface area contributed by atoms with Crippen molar-refractivity contribution in [3.05, 3.63) is 59.4 Å². The molecule has 0 aromatic heterocycles. The van der Waals surface area contributed by atoms with Crippen LogP contribution in [0.4, 0.5) is 28.0 Å². The fourth-order valence-corrected chi connectivity index (χ4v) is 3.76. The first-order chi connectivity index (χ1) is 13.5. The second-order valence-electron chi connectivity index (χ2n) is 6.48. The Hall–Kier alpha value is -3.06. The Kier molecular flexibility index (Phi) is 5.28. The molecule has 0 spiro atoms. The van der Waals surface area contributed by atoms with Gasteiger partial charge in [0.05, 0.1) is 22.9 Å². The molecule has 1 saturated heterocycles. The zero-order chi connectivity index (χ0) is 21.4. The lowest BCUT2D eigenvalue weighted by molar-refractivity contribution is -0.137. The minimum Gasteiger partial charge on any atom is -0.322 e. The Bertz CT molecular complexity index is 1020. The first-order valence-corrected chi connectivity index (χ1v) is 9.20. The molecule has 1 N–H and O–H groups in total. The van der Waals surface area contributed by atoms with E-state index in [0.29, 0.717) is 15.9 Å². The van der Waals surface area contributed by atoms with Crippen molar-refractivity contribution >= 4 is 29.4 Å². The number of thioether (sulfide) groups is 1.